The molecule has 2 amide bonds. The number of sulfonamides is 1. The van der Waals surface area contributed by atoms with Gasteiger partial charge in [-0.05, 0) is 88.2 Å². The van der Waals surface area contributed by atoms with E-state index in [0.29, 0.717) is 74.2 Å². The number of hydrogen-bond acceptors (Lipinski definition) is 10. The summed E-state index contributed by atoms with van der Waals surface area (Å²) in [4.78, 5) is 49.5. The van der Waals surface area contributed by atoms with Gasteiger partial charge in [-0.2, -0.15) is 0 Å². The molecule has 2 aliphatic carbocycles. The van der Waals surface area contributed by atoms with E-state index in [4.69, 9.17) is 20.8 Å². The lowest BCUT2D eigenvalue weighted by Crippen LogP contribution is -2.53. The minimum atomic E-state index is -3.90. The lowest BCUT2D eigenvalue weighted by Gasteiger charge is -2.41. The Hall–Kier alpha value is -3.65. The van der Waals surface area contributed by atoms with Crippen LogP contribution in [0.3, 0.4) is 0 Å². The Balaban J connectivity index is 1.07. The molecule has 51 heavy (non-hydrogen) atoms. The predicted molar refractivity (Wildman–Crippen MR) is 195 cm³/mol. The first kappa shape index (κ1) is 34.4. The molecule has 1 aromatic heterocycles. The molecule has 8 rings (SSSR count). The van der Waals surface area contributed by atoms with Crippen LogP contribution in [0.25, 0.3) is 11.0 Å². The van der Waals surface area contributed by atoms with Crippen LogP contribution in [0.4, 0.5) is 11.4 Å². The maximum atomic E-state index is 14.1. The Morgan fingerprint density at radius 3 is 2.49 bits per heavy atom. The third kappa shape index (κ3) is 5.99. The van der Waals surface area contributed by atoms with Gasteiger partial charge >= 0.3 is 5.63 Å². The second kappa shape index (κ2) is 12.5. The van der Waals surface area contributed by atoms with Crippen LogP contribution in [-0.4, -0.2) is 101 Å². The van der Waals surface area contributed by atoms with Crippen LogP contribution in [0.5, 0.6) is 0 Å². The van der Waals surface area contributed by atoms with Crippen molar-refractivity contribution in [1.82, 2.24) is 14.5 Å². The molecule has 2 unspecified atom stereocenters. The first-order valence-corrected chi connectivity index (χ1v) is 19.6. The van der Waals surface area contributed by atoms with Gasteiger partial charge in [0, 0.05) is 68.6 Å². The molecule has 2 saturated heterocycles. The maximum Gasteiger partial charge on any atom is 0.341 e. The minimum Gasteiger partial charge on any atom is -0.422 e. The van der Waals surface area contributed by atoms with Crippen molar-refractivity contribution in [1.29, 1.82) is 0 Å². The quantitative estimate of drug-likeness (QED) is 0.341. The van der Waals surface area contributed by atoms with Gasteiger partial charge in [0.2, 0.25) is 10.0 Å². The summed E-state index contributed by atoms with van der Waals surface area (Å²) in [5.74, 6) is -0.103. The van der Waals surface area contributed by atoms with Crippen LogP contribution < -0.4 is 20.1 Å². The number of methoxy groups -OCH3 is 1. The zero-order valence-electron chi connectivity index (χ0n) is 29.5. The third-order valence-corrected chi connectivity index (χ3v) is 14.4. The largest absolute Gasteiger partial charge is 0.422 e. The number of anilines is 2. The van der Waals surface area contributed by atoms with E-state index in [-0.39, 0.29) is 34.6 Å². The van der Waals surface area contributed by atoms with Crippen LogP contribution in [-0.2, 0) is 27.7 Å². The highest BCUT2D eigenvalue weighted by Gasteiger charge is 2.51. The molecule has 0 radical (unpaired) electrons. The number of benzene rings is 2. The number of carbonyl (C=O) groups excluding carboxylic acids is 2. The molecule has 2 saturated carbocycles. The fraction of sp³-hybridized carbons (Fsp3) is 0.541. The highest BCUT2D eigenvalue weighted by molar-refractivity contribution is 7.91. The summed E-state index contributed by atoms with van der Waals surface area (Å²) in [6.45, 7) is 8.66. The lowest BCUT2D eigenvalue weighted by molar-refractivity contribution is 0.0732. The van der Waals surface area contributed by atoms with Crippen molar-refractivity contribution in [2.45, 2.75) is 56.9 Å². The van der Waals surface area contributed by atoms with E-state index < -0.39 is 26.3 Å². The molecular weight excluding hydrogens is 694 g/mol. The minimum absolute atomic E-state index is 0.00756. The second-order valence-electron chi connectivity index (χ2n) is 15.3. The molecular formula is C37H44ClN5O7S. The van der Waals surface area contributed by atoms with E-state index >= 15 is 0 Å². The van der Waals surface area contributed by atoms with Crippen molar-refractivity contribution in [2.75, 3.05) is 69.8 Å². The molecule has 272 valence electrons. The molecule has 1 N–H and O–H groups in total. The number of ether oxygens (including phenoxy) is 1. The van der Waals surface area contributed by atoms with Gasteiger partial charge in [-0.3, -0.25) is 14.5 Å². The third-order valence-electron chi connectivity index (χ3n) is 11.9. The molecule has 3 atom stereocenters. The number of piperazine rings is 1. The number of amides is 2. The summed E-state index contributed by atoms with van der Waals surface area (Å²) in [6.07, 6.45) is 2.56. The normalized spacial score (nSPS) is 24.0. The molecule has 2 aromatic carbocycles. The molecule has 3 aliphatic heterocycles. The monoisotopic (exact) mass is 737 g/mol. The van der Waals surface area contributed by atoms with E-state index in [1.807, 2.05) is 17.9 Å². The summed E-state index contributed by atoms with van der Waals surface area (Å²) in [5.41, 5.74) is 4.19. The van der Waals surface area contributed by atoms with E-state index in [1.165, 1.54) is 6.07 Å². The molecule has 12 nitrogen and oxygen atoms in total. The first-order chi connectivity index (χ1) is 24.3. The van der Waals surface area contributed by atoms with Crippen LogP contribution >= 0.6 is 11.6 Å². The first-order valence-electron chi connectivity index (χ1n) is 17.8. The number of piperidine rings is 1. The average Bonchev–Trinajstić information content (AvgIpc) is 4.01. The fourth-order valence-corrected chi connectivity index (χ4v) is 9.75. The zero-order valence-corrected chi connectivity index (χ0v) is 31.0. The van der Waals surface area contributed by atoms with Gasteiger partial charge in [-0.25, -0.2) is 17.9 Å². The van der Waals surface area contributed by atoms with Crippen molar-refractivity contribution in [3.8, 4) is 0 Å². The molecule has 0 bridgehead atoms. The van der Waals surface area contributed by atoms with Crippen molar-refractivity contribution < 1.29 is 27.2 Å². The van der Waals surface area contributed by atoms with Gasteiger partial charge in [0.25, 0.3) is 11.8 Å². The van der Waals surface area contributed by atoms with E-state index in [1.54, 1.807) is 25.0 Å². The van der Waals surface area contributed by atoms with Crippen LogP contribution in [0, 0.1) is 18.8 Å². The Bertz CT molecular complexity index is 2120. The molecule has 14 heteroatoms. The number of hydrogen-bond donors (Lipinski definition) is 1. The number of halogens is 1. The van der Waals surface area contributed by atoms with Crippen molar-refractivity contribution in [3.05, 3.63) is 67.5 Å². The smallest absolute Gasteiger partial charge is 0.341 e. The number of nitrogens with one attached hydrogen (secondary N) is 1. The highest BCUT2D eigenvalue weighted by atomic mass is 35.5. The van der Waals surface area contributed by atoms with Gasteiger partial charge in [0.15, 0.2) is 0 Å². The summed E-state index contributed by atoms with van der Waals surface area (Å²) in [6, 6.07) is 7.47. The number of rotatable bonds is 8. The fourth-order valence-electron chi connectivity index (χ4n) is 8.21. The SMILES string of the molecule is COC[C@H]1CN(c2ccc3c4c(c(=O)oc3c2C)CN(C(=O)c2cc(Cl)c(C(=O)NS(=O)(=O)C3(C)CC3)c(N3CC5CC5C3)c2)CC4)CCN1C. The summed E-state index contributed by atoms with van der Waals surface area (Å²) < 4.78 is 38.6. The summed E-state index contributed by atoms with van der Waals surface area (Å²) in [5, 5.41) is 0.886. The zero-order chi connectivity index (χ0) is 36.0. The Morgan fingerprint density at radius 2 is 1.78 bits per heavy atom. The standard InChI is InChI=1S/C37H44ClN5O7S/c1-21-30(41-12-11-40(3)25(18-41)20-49-4)6-5-27-26-7-10-42(19-28(26)36(46)50-33(21)27)35(45)22-14-29(38)32(31(15-22)43-16-23-13-24(23)17-43)34(44)39-51(47,48)37(2)8-9-37/h5-6,14-15,23-25H,7-13,16-20H2,1-4H3,(H,39,44)/t23?,24?,25-/m1/s1. The maximum absolute atomic E-state index is 14.1. The number of aryl methyl sites for hydroxylation is 1. The van der Waals surface area contributed by atoms with Gasteiger partial charge in [-0.15, -0.1) is 0 Å². The van der Waals surface area contributed by atoms with Crippen LogP contribution in [0.1, 0.15) is 63.6 Å². The number of fused-ring (bicyclic) bond motifs is 4. The van der Waals surface area contributed by atoms with Crippen LogP contribution in [0.2, 0.25) is 5.02 Å². The molecule has 5 aliphatic rings. The van der Waals surface area contributed by atoms with Crippen molar-refractivity contribution >= 4 is 55.8 Å². The van der Waals surface area contributed by atoms with E-state index in [0.717, 1.165) is 48.3 Å². The van der Waals surface area contributed by atoms with Crippen LogP contribution in [0.15, 0.2) is 33.5 Å². The second-order valence-corrected chi connectivity index (χ2v) is 17.9. The van der Waals surface area contributed by atoms with Gasteiger partial charge in [0.05, 0.1) is 45.8 Å². The summed E-state index contributed by atoms with van der Waals surface area (Å²) in [7, 11) is -0.0795. The number of carbonyl (C=O) groups is 2. The van der Waals surface area contributed by atoms with Crippen molar-refractivity contribution in [2.24, 2.45) is 11.8 Å². The van der Waals surface area contributed by atoms with E-state index in [9.17, 15) is 22.8 Å². The number of likely N-dealkylation sites (N-methyl/N-ethyl adjacent to an activating group) is 1. The summed E-state index contributed by atoms with van der Waals surface area (Å²) >= 11 is 6.75. The molecule has 0 spiro atoms. The Morgan fingerprint density at radius 1 is 1.04 bits per heavy atom. The highest BCUT2D eigenvalue weighted by Crippen LogP contribution is 2.48. The van der Waals surface area contributed by atoms with Crippen molar-refractivity contribution in [3.63, 3.8) is 0 Å². The van der Waals surface area contributed by atoms with Gasteiger partial charge in [-0.1, -0.05) is 11.6 Å². The Kier molecular flexibility index (Phi) is 8.44. The average molecular weight is 738 g/mol. The molecule has 3 aromatic rings. The predicted octanol–water partition coefficient (Wildman–Crippen LogP) is 3.79. The number of nitrogens with zero attached hydrogens (tertiary/aromatic N) is 4. The van der Waals surface area contributed by atoms with E-state index in [2.05, 4.69) is 27.6 Å². The lowest BCUT2D eigenvalue weighted by atomic mass is 9.95. The van der Waals surface area contributed by atoms with Gasteiger partial charge < -0.3 is 23.9 Å². The topological polar surface area (TPSA) is 133 Å². The molecule has 4 heterocycles. The Labute approximate surface area is 302 Å². The molecule has 4 fully saturated rings. The van der Waals surface area contributed by atoms with Gasteiger partial charge in [0.1, 0.15) is 5.58 Å².